The number of ether oxygens (including phenoxy) is 1. The smallest absolute Gasteiger partial charge is 0.254 e. The normalized spacial score (nSPS) is 10.7. The zero-order valence-corrected chi connectivity index (χ0v) is 16.5. The van der Waals surface area contributed by atoms with E-state index in [1.54, 1.807) is 42.6 Å². The zero-order chi connectivity index (χ0) is 20.9. The lowest BCUT2D eigenvalue weighted by molar-refractivity contribution is 0.0729. The number of nitrogens with zero attached hydrogens (tertiary/aromatic N) is 2. The first-order valence-electron chi connectivity index (χ1n) is 9.57. The van der Waals surface area contributed by atoms with Gasteiger partial charge in [-0.1, -0.05) is 30.3 Å². The van der Waals surface area contributed by atoms with Crippen molar-refractivity contribution in [2.24, 2.45) is 0 Å². The highest BCUT2D eigenvalue weighted by Crippen LogP contribution is 2.20. The van der Waals surface area contributed by atoms with Crippen LogP contribution in [0.1, 0.15) is 21.5 Å². The number of hydrogen-bond donors (Lipinski definition) is 1. The van der Waals surface area contributed by atoms with Crippen molar-refractivity contribution in [3.8, 4) is 5.75 Å². The molecule has 0 unspecified atom stereocenters. The van der Waals surface area contributed by atoms with Crippen LogP contribution in [0.25, 0.3) is 10.9 Å². The highest BCUT2D eigenvalue weighted by Gasteiger charge is 2.18. The lowest BCUT2D eigenvalue weighted by Gasteiger charge is -2.23. The highest BCUT2D eigenvalue weighted by atomic mass is 16.5. The van der Waals surface area contributed by atoms with Crippen LogP contribution in [0.5, 0.6) is 5.75 Å². The second-order valence-electron chi connectivity index (χ2n) is 6.96. The minimum absolute atomic E-state index is 0.161. The van der Waals surface area contributed by atoms with Gasteiger partial charge in [0.05, 0.1) is 13.7 Å². The lowest BCUT2D eigenvalue weighted by atomic mass is 10.1. The van der Waals surface area contributed by atoms with Crippen LogP contribution in [-0.2, 0) is 13.1 Å². The van der Waals surface area contributed by atoms with Crippen molar-refractivity contribution in [1.82, 2.24) is 14.9 Å². The summed E-state index contributed by atoms with van der Waals surface area (Å²) < 4.78 is 5.29. The first-order chi connectivity index (χ1) is 14.6. The molecule has 4 rings (SSSR count). The molecule has 150 valence electrons. The van der Waals surface area contributed by atoms with Crippen molar-refractivity contribution in [3.05, 3.63) is 106 Å². The maximum Gasteiger partial charge on any atom is 0.254 e. The Morgan fingerprint density at radius 3 is 2.50 bits per heavy atom. The van der Waals surface area contributed by atoms with Crippen molar-refractivity contribution in [2.75, 3.05) is 7.11 Å². The summed E-state index contributed by atoms with van der Waals surface area (Å²) in [6.07, 6.45) is 3.17. The molecule has 6 heteroatoms. The molecule has 0 radical (unpaired) electrons. The number of aromatic amines is 1. The van der Waals surface area contributed by atoms with E-state index in [1.807, 2.05) is 48.5 Å². The minimum Gasteiger partial charge on any atom is -0.497 e. The van der Waals surface area contributed by atoms with Crippen molar-refractivity contribution >= 4 is 16.8 Å². The van der Waals surface area contributed by atoms with Gasteiger partial charge in [0.15, 0.2) is 0 Å². The number of carbonyl (C=O) groups excluding carboxylic acids is 1. The van der Waals surface area contributed by atoms with Crippen molar-refractivity contribution < 1.29 is 9.53 Å². The Labute approximate surface area is 173 Å². The fourth-order valence-electron chi connectivity index (χ4n) is 3.36. The van der Waals surface area contributed by atoms with E-state index in [4.69, 9.17) is 4.74 Å². The fraction of sp³-hybridized carbons (Fsp3) is 0.125. The van der Waals surface area contributed by atoms with Crippen LogP contribution in [0, 0.1) is 0 Å². The van der Waals surface area contributed by atoms with Crippen LogP contribution in [0.3, 0.4) is 0 Å². The van der Waals surface area contributed by atoms with Gasteiger partial charge in [-0.25, -0.2) is 0 Å². The molecule has 0 fully saturated rings. The van der Waals surface area contributed by atoms with Crippen LogP contribution < -0.4 is 10.3 Å². The second kappa shape index (κ2) is 8.61. The quantitative estimate of drug-likeness (QED) is 0.535. The van der Waals surface area contributed by atoms with Crippen molar-refractivity contribution in [2.45, 2.75) is 13.1 Å². The molecule has 1 N–H and O–H groups in total. The van der Waals surface area contributed by atoms with E-state index in [-0.39, 0.29) is 18.0 Å². The Bertz CT molecular complexity index is 1220. The van der Waals surface area contributed by atoms with Crippen molar-refractivity contribution in [1.29, 1.82) is 0 Å². The summed E-state index contributed by atoms with van der Waals surface area (Å²) in [4.78, 5) is 34.4. The molecule has 0 atom stereocenters. The number of fused-ring (bicyclic) bond motifs is 1. The van der Waals surface area contributed by atoms with Gasteiger partial charge in [-0.2, -0.15) is 0 Å². The number of carbonyl (C=O) groups is 1. The summed E-state index contributed by atoms with van der Waals surface area (Å²) in [5, 5.41) is 0.847. The molecule has 0 aliphatic rings. The molecule has 0 aliphatic heterocycles. The van der Waals surface area contributed by atoms with Gasteiger partial charge >= 0.3 is 0 Å². The lowest BCUT2D eigenvalue weighted by Crippen LogP contribution is -2.32. The molecule has 1 amide bonds. The number of hydrogen-bond acceptors (Lipinski definition) is 4. The van der Waals surface area contributed by atoms with Gasteiger partial charge in [-0.3, -0.25) is 14.6 Å². The molecule has 0 saturated heterocycles. The predicted octanol–water partition coefficient (Wildman–Crippen LogP) is 3.77. The number of benzene rings is 2. The molecule has 30 heavy (non-hydrogen) atoms. The van der Waals surface area contributed by atoms with Gasteiger partial charge in [0.1, 0.15) is 5.75 Å². The van der Waals surface area contributed by atoms with E-state index < -0.39 is 0 Å². The Balaban J connectivity index is 1.71. The number of pyridine rings is 2. The first kappa shape index (κ1) is 19.4. The summed E-state index contributed by atoms with van der Waals surface area (Å²) in [5.41, 5.74) is 2.53. The molecule has 6 nitrogen and oxygen atoms in total. The maximum atomic E-state index is 13.2. The second-order valence-corrected chi connectivity index (χ2v) is 6.96. The number of aromatic nitrogens is 2. The van der Waals surface area contributed by atoms with Crippen LogP contribution >= 0.6 is 0 Å². The molecular weight excluding hydrogens is 378 g/mol. The third-order valence-electron chi connectivity index (χ3n) is 4.92. The monoisotopic (exact) mass is 399 g/mol. The fourth-order valence-corrected chi connectivity index (χ4v) is 3.36. The SMILES string of the molecule is COc1ccc2[nH]c(=O)c(CN(Cc3ccccc3)C(=O)c3ccncc3)cc2c1. The Kier molecular flexibility index (Phi) is 5.57. The average Bonchev–Trinajstić information content (AvgIpc) is 2.79. The average molecular weight is 399 g/mol. The van der Waals surface area contributed by atoms with E-state index in [0.29, 0.717) is 23.4 Å². The number of rotatable bonds is 6. The minimum atomic E-state index is -0.215. The van der Waals surface area contributed by atoms with E-state index in [2.05, 4.69) is 9.97 Å². The van der Waals surface area contributed by atoms with Gasteiger partial charge in [0.2, 0.25) is 0 Å². The van der Waals surface area contributed by atoms with Gasteiger partial charge in [-0.05, 0) is 42.0 Å². The number of amides is 1. The number of methoxy groups -OCH3 is 1. The molecule has 0 aliphatic carbocycles. The Morgan fingerprint density at radius 1 is 1.00 bits per heavy atom. The maximum absolute atomic E-state index is 13.2. The van der Waals surface area contributed by atoms with Crippen LogP contribution in [0.2, 0.25) is 0 Å². The molecule has 0 bridgehead atoms. The zero-order valence-electron chi connectivity index (χ0n) is 16.5. The summed E-state index contributed by atoms with van der Waals surface area (Å²) in [7, 11) is 1.60. The standard InChI is InChI=1S/C24H21N3O3/c1-30-21-7-8-22-19(14-21)13-20(23(28)26-22)16-27(15-17-5-3-2-4-6-17)24(29)18-9-11-25-12-10-18/h2-14H,15-16H2,1H3,(H,26,28). The number of H-pyrrole nitrogens is 1. The van der Waals surface area contributed by atoms with Gasteiger partial charge in [-0.15, -0.1) is 0 Å². The summed E-state index contributed by atoms with van der Waals surface area (Å²) in [6, 6.07) is 20.3. The topological polar surface area (TPSA) is 75.3 Å². The molecule has 2 aromatic carbocycles. The van der Waals surface area contributed by atoms with Crippen LogP contribution in [-0.4, -0.2) is 27.9 Å². The van der Waals surface area contributed by atoms with E-state index in [9.17, 15) is 9.59 Å². The van der Waals surface area contributed by atoms with Gasteiger partial charge in [0.25, 0.3) is 11.5 Å². The molecule has 4 aromatic rings. The Hall–Kier alpha value is -3.93. The number of nitrogens with one attached hydrogen (secondary N) is 1. The van der Waals surface area contributed by atoms with E-state index in [1.165, 1.54) is 0 Å². The molecule has 2 aromatic heterocycles. The molecule has 2 heterocycles. The summed E-state index contributed by atoms with van der Waals surface area (Å²) >= 11 is 0. The van der Waals surface area contributed by atoms with E-state index in [0.717, 1.165) is 16.5 Å². The molecule has 0 spiro atoms. The van der Waals surface area contributed by atoms with E-state index >= 15 is 0 Å². The molecular formula is C24H21N3O3. The van der Waals surface area contributed by atoms with Gasteiger partial charge in [0, 0.05) is 41.0 Å². The first-order valence-corrected chi connectivity index (χ1v) is 9.57. The van der Waals surface area contributed by atoms with Gasteiger partial charge < -0.3 is 14.6 Å². The predicted molar refractivity (Wildman–Crippen MR) is 115 cm³/mol. The highest BCUT2D eigenvalue weighted by molar-refractivity contribution is 5.94. The van der Waals surface area contributed by atoms with Crippen molar-refractivity contribution in [3.63, 3.8) is 0 Å². The molecule has 0 saturated carbocycles. The van der Waals surface area contributed by atoms with Crippen LogP contribution in [0.15, 0.2) is 83.9 Å². The van der Waals surface area contributed by atoms with Crippen LogP contribution in [0.4, 0.5) is 0 Å². The third kappa shape index (κ3) is 4.22. The third-order valence-corrected chi connectivity index (χ3v) is 4.92. The summed E-state index contributed by atoms with van der Waals surface area (Å²) in [6.45, 7) is 0.566. The largest absolute Gasteiger partial charge is 0.497 e. The summed E-state index contributed by atoms with van der Waals surface area (Å²) in [5.74, 6) is 0.542. The Morgan fingerprint density at radius 2 is 1.77 bits per heavy atom.